The summed E-state index contributed by atoms with van der Waals surface area (Å²) in [6.45, 7) is 0.339. The molecule has 0 spiro atoms. The van der Waals surface area contributed by atoms with Crippen LogP contribution in [-0.4, -0.2) is 30.1 Å². The van der Waals surface area contributed by atoms with Gasteiger partial charge in [0.25, 0.3) is 0 Å². The molecule has 0 amide bonds. The molecule has 0 bridgehead atoms. The predicted molar refractivity (Wildman–Crippen MR) is 108 cm³/mol. The first kappa shape index (κ1) is 18.6. The number of benzene rings is 2. The predicted octanol–water partition coefficient (Wildman–Crippen LogP) is 4.21. The molecule has 2 aromatic carbocycles. The van der Waals surface area contributed by atoms with Crippen LogP contribution in [-0.2, 0) is 4.79 Å². The number of nitrogens with one attached hydrogen (secondary N) is 1. The van der Waals surface area contributed by atoms with Crippen molar-refractivity contribution in [3.05, 3.63) is 76.3 Å². The van der Waals surface area contributed by atoms with Crippen LogP contribution in [0.4, 0.5) is 0 Å². The Hall–Kier alpha value is -2.20. The van der Waals surface area contributed by atoms with Crippen LogP contribution in [0.3, 0.4) is 0 Å². The summed E-state index contributed by atoms with van der Waals surface area (Å²) in [7, 11) is 0. The molecule has 1 saturated carbocycles. The largest absolute Gasteiger partial charge is 0.388 e. The first-order valence-electron chi connectivity index (χ1n) is 8.76. The Morgan fingerprint density at radius 3 is 2.54 bits per heavy atom. The van der Waals surface area contributed by atoms with E-state index in [1.807, 2.05) is 42.5 Å². The third-order valence-corrected chi connectivity index (χ3v) is 4.48. The van der Waals surface area contributed by atoms with E-state index in [9.17, 15) is 4.79 Å². The van der Waals surface area contributed by atoms with E-state index in [0.717, 1.165) is 28.3 Å². The van der Waals surface area contributed by atoms with Crippen molar-refractivity contribution in [3.63, 3.8) is 0 Å². The highest BCUT2D eigenvalue weighted by Gasteiger charge is 2.20. The second kappa shape index (κ2) is 8.95. The summed E-state index contributed by atoms with van der Waals surface area (Å²) < 4.78 is 0. The topological polar surface area (TPSA) is 49.3 Å². The maximum absolute atomic E-state index is 11.1. The highest BCUT2D eigenvalue weighted by atomic mass is 35.5. The summed E-state index contributed by atoms with van der Waals surface area (Å²) in [6.07, 6.45) is 7.75. The fourth-order valence-corrected chi connectivity index (χ4v) is 2.80. The van der Waals surface area contributed by atoms with Crippen molar-refractivity contribution in [2.45, 2.75) is 18.9 Å². The van der Waals surface area contributed by atoms with Gasteiger partial charge in [0.1, 0.15) is 6.61 Å². The van der Waals surface area contributed by atoms with E-state index in [2.05, 4.69) is 17.5 Å². The zero-order valence-corrected chi connectivity index (χ0v) is 15.2. The molecular weight excluding hydrogens is 346 g/mol. The van der Waals surface area contributed by atoms with Gasteiger partial charge in [-0.05, 0) is 59.4 Å². The lowest BCUT2D eigenvalue weighted by atomic mass is 10.0. The van der Waals surface area contributed by atoms with Crippen LogP contribution in [0.2, 0.25) is 5.02 Å². The zero-order chi connectivity index (χ0) is 18.4. The molecule has 1 aliphatic carbocycles. The van der Waals surface area contributed by atoms with Gasteiger partial charge in [0.15, 0.2) is 5.78 Å². The molecule has 1 fully saturated rings. The highest BCUT2D eigenvalue weighted by Crippen LogP contribution is 2.24. The van der Waals surface area contributed by atoms with Crippen molar-refractivity contribution in [3.8, 4) is 0 Å². The van der Waals surface area contributed by atoms with Crippen LogP contribution in [0.1, 0.15) is 29.5 Å². The Balaban J connectivity index is 1.79. The summed E-state index contributed by atoms with van der Waals surface area (Å²) in [4.78, 5) is 11.1. The van der Waals surface area contributed by atoms with Crippen molar-refractivity contribution in [1.29, 1.82) is 0 Å². The number of aliphatic hydroxyl groups excluding tert-OH is 1. The zero-order valence-electron chi connectivity index (χ0n) is 14.5. The van der Waals surface area contributed by atoms with E-state index in [1.54, 1.807) is 6.08 Å². The number of rotatable bonds is 8. The van der Waals surface area contributed by atoms with Crippen molar-refractivity contribution in [2.24, 2.45) is 0 Å². The van der Waals surface area contributed by atoms with Crippen molar-refractivity contribution in [2.75, 3.05) is 13.2 Å². The Kier molecular flexibility index (Phi) is 6.40. The standard InChI is InChI=1S/C22H22ClNO2/c23-20-3-1-2-18(13-20)19(14-24-21-9-10-21)12-17-6-4-16(5-7-17)8-11-22(26)15-25/h1-8,11-13,21,24-25H,9-10,14-15H2/b11-8+,19-12-. The number of carbonyl (C=O) groups is 1. The molecule has 26 heavy (non-hydrogen) atoms. The molecule has 0 radical (unpaired) electrons. The molecule has 0 saturated heterocycles. The van der Waals surface area contributed by atoms with Crippen molar-refractivity contribution >= 4 is 35.1 Å². The third-order valence-electron chi connectivity index (χ3n) is 4.25. The molecule has 1 aliphatic rings. The minimum Gasteiger partial charge on any atom is -0.388 e. The van der Waals surface area contributed by atoms with Gasteiger partial charge in [0.2, 0.25) is 0 Å². The molecule has 0 unspecified atom stereocenters. The first-order valence-corrected chi connectivity index (χ1v) is 9.13. The minimum atomic E-state index is -0.464. The maximum Gasteiger partial charge on any atom is 0.181 e. The molecule has 0 atom stereocenters. The van der Waals surface area contributed by atoms with Gasteiger partial charge in [-0.3, -0.25) is 4.79 Å². The molecule has 134 valence electrons. The van der Waals surface area contributed by atoms with Gasteiger partial charge in [-0.25, -0.2) is 0 Å². The van der Waals surface area contributed by atoms with E-state index in [-0.39, 0.29) is 5.78 Å². The monoisotopic (exact) mass is 367 g/mol. The van der Waals surface area contributed by atoms with Crippen LogP contribution in [0.5, 0.6) is 0 Å². The molecule has 2 aromatic rings. The highest BCUT2D eigenvalue weighted by molar-refractivity contribution is 6.30. The first-order chi connectivity index (χ1) is 12.6. The molecule has 0 aliphatic heterocycles. The number of ketones is 1. The van der Waals surface area contributed by atoms with Gasteiger partial charge in [-0.1, -0.05) is 54.1 Å². The van der Waals surface area contributed by atoms with Gasteiger partial charge < -0.3 is 10.4 Å². The van der Waals surface area contributed by atoms with Gasteiger partial charge in [0.05, 0.1) is 0 Å². The second-order valence-electron chi connectivity index (χ2n) is 6.46. The number of carbonyl (C=O) groups excluding carboxylic acids is 1. The normalized spacial score (nSPS) is 14.8. The van der Waals surface area contributed by atoms with E-state index < -0.39 is 6.61 Å². The molecule has 0 heterocycles. The Labute approximate surface area is 159 Å². The van der Waals surface area contributed by atoms with Crippen LogP contribution >= 0.6 is 11.6 Å². The summed E-state index contributed by atoms with van der Waals surface area (Å²) in [6, 6.07) is 16.5. The summed E-state index contributed by atoms with van der Waals surface area (Å²) >= 11 is 6.16. The van der Waals surface area contributed by atoms with E-state index >= 15 is 0 Å². The van der Waals surface area contributed by atoms with Crippen LogP contribution in [0, 0.1) is 0 Å². The number of aliphatic hydroxyl groups is 1. The Morgan fingerprint density at radius 2 is 1.88 bits per heavy atom. The molecule has 3 rings (SSSR count). The molecule has 3 nitrogen and oxygen atoms in total. The van der Waals surface area contributed by atoms with Gasteiger partial charge in [-0.15, -0.1) is 0 Å². The maximum atomic E-state index is 11.1. The van der Waals surface area contributed by atoms with Crippen LogP contribution in [0.15, 0.2) is 54.6 Å². The van der Waals surface area contributed by atoms with Crippen LogP contribution < -0.4 is 5.32 Å². The summed E-state index contributed by atoms with van der Waals surface area (Å²) in [5.41, 5.74) is 4.31. The fourth-order valence-electron chi connectivity index (χ4n) is 2.61. The van der Waals surface area contributed by atoms with E-state index in [1.165, 1.54) is 24.5 Å². The third kappa shape index (κ3) is 5.67. The van der Waals surface area contributed by atoms with Crippen molar-refractivity contribution < 1.29 is 9.90 Å². The lowest BCUT2D eigenvalue weighted by Crippen LogP contribution is -2.18. The van der Waals surface area contributed by atoms with Crippen molar-refractivity contribution in [1.82, 2.24) is 5.32 Å². The minimum absolute atomic E-state index is 0.302. The lowest BCUT2D eigenvalue weighted by molar-refractivity contribution is -0.117. The van der Waals surface area contributed by atoms with E-state index in [0.29, 0.717) is 6.04 Å². The van der Waals surface area contributed by atoms with Gasteiger partial charge in [0, 0.05) is 17.6 Å². The summed E-state index contributed by atoms with van der Waals surface area (Å²) in [5.74, 6) is -0.302. The van der Waals surface area contributed by atoms with E-state index in [4.69, 9.17) is 16.7 Å². The lowest BCUT2D eigenvalue weighted by Gasteiger charge is -2.10. The quantitative estimate of drug-likeness (QED) is 0.543. The summed E-state index contributed by atoms with van der Waals surface area (Å²) in [5, 5.41) is 13.0. The molecule has 0 aromatic heterocycles. The average Bonchev–Trinajstić information content (AvgIpc) is 3.48. The fraction of sp³-hybridized carbons (Fsp3) is 0.227. The second-order valence-corrected chi connectivity index (χ2v) is 6.90. The molecule has 4 heteroatoms. The smallest absolute Gasteiger partial charge is 0.181 e. The molecule has 2 N–H and O–H groups in total. The van der Waals surface area contributed by atoms with Crippen LogP contribution in [0.25, 0.3) is 17.7 Å². The number of hydrogen-bond acceptors (Lipinski definition) is 3. The number of halogens is 1. The SMILES string of the molecule is O=C(/C=C/c1ccc(/C=C(/CNC2CC2)c2cccc(Cl)c2)cc1)CO. The van der Waals surface area contributed by atoms with Gasteiger partial charge in [-0.2, -0.15) is 0 Å². The Bertz CT molecular complexity index is 820. The van der Waals surface area contributed by atoms with Gasteiger partial charge >= 0.3 is 0 Å². The molecular formula is C22H22ClNO2. The number of hydrogen-bond donors (Lipinski definition) is 2. The Morgan fingerprint density at radius 1 is 1.15 bits per heavy atom. The average molecular weight is 368 g/mol.